The van der Waals surface area contributed by atoms with Gasteiger partial charge in [-0.15, -0.1) is 0 Å². The molecule has 0 heterocycles. The molecule has 2 rings (SSSR count). The average molecular weight is 375 g/mol. The first-order valence-corrected chi connectivity index (χ1v) is 8.09. The second-order valence-electron chi connectivity index (χ2n) is 4.28. The summed E-state index contributed by atoms with van der Waals surface area (Å²) in [5.41, 5.74) is 5.62. The van der Waals surface area contributed by atoms with E-state index < -0.39 is 15.8 Å². The molecule has 0 atom stereocenters. The highest BCUT2D eigenvalue weighted by Gasteiger charge is 2.16. The van der Waals surface area contributed by atoms with Gasteiger partial charge in [0.05, 0.1) is 10.6 Å². The SMILES string of the molecule is Nc1cc(S(=O)(=O)NCc2cc(Br)ccc2F)ccc1O. The predicted molar refractivity (Wildman–Crippen MR) is 80.6 cm³/mol. The second kappa shape index (κ2) is 6.00. The molecule has 0 aliphatic heterocycles. The van der Waals surface area contributed by atoms with Crippen molar-refractivity contribution in [1.82, 2.24) is 4.72 Å². The number of benzene rings is 2. The van der Waals surface area contributed by atoms with Crippen LogP contribution in [0.1, 0.15) is 5.56 Å². The Kier molecular flexibility index (Phi) is 4.50. The summed E-state index contributed by atoms with van der Waals surface area (Å²) in [6.07, 6.45) is 0. The monoisotopic (exact) mass is 374 g/mol. The molecule has 0 aliphatic rings. The Labute approximate surface area is 129 Å². The maximum Gasteiger partial charge on any atom is 0.240 e. The van der Waals surface area contributed by atoms with Crippen molar-refractivity contribution in [3.8, 4) is 5.75 Å². The van der Waals surface area contributed by atoms with E-state index in [1.165, 1.54) is 30.3 Å². The largest absolute Gasteiger partial charge is 0.506 e. The van der Waals surface area contributed by atoms with Gasteiger partial charge in [-0.2, -0.15) is 0 Å². The maximum absolute atomic E-state index is 13.6. The van der Waals surface area contributed by atoms with E-state index in [1.54, 1.807) is 0 Å². The Morgan fingerprint density at radius 1 is 1.24 bits per heavy atom. The van der Waals surface area contributed by atoms with E-state index in [2.05, 4.69) is 20.7 Å². The normalized spacial score (nSPS) is 11.5. The lowest BCUT2D eigenvalue weighted by atomic mass is 10.2. The molecule has 0 saturated carbocycles. The number of phenols is 1. The summed E-state index contributed by atoms with van der Waals surface area (Å²) in [5.74, 6) is -0.710. The molecule has 0 radical (unpaired) electrons. The van der Waals surface area contributed by atoms with Crippen molar-refractivity contribution in [2.75, 3.05) is 5.73 Å². The molecular formula is C13H12BrFN2O3S. The van der Waals surface area contributed by atoms with Crippen LogP contribution in [0.2, 0.25) is 0 Å². The smallest absolute Gasteiger partial charge is 0.240 e. The molecule has 8 heteroatoms. The molecule has 21 heavy (non-hydrogen) atoms. The number of sulfonamides is 1. The number of aromatic hydroxyl groups is 1. The maximum atomic E-state index is 13.6. The van der Waals surface area contributed by atoms with E-state index in [4.69, 9.17) is 5.73 Å². The van der Waals surface area contributed by atoms with Crippen LogP contribution in [0.15, 0.2) is 45.8 Å². The quantitative estimate of drug-likeness (QED) is 0.565. The van der Waals surface area contributed by atoms with Gasteiger partial charge in [0.25, 0.3) is 0 Å². The van der Waals surface area contributed by atoms with Crippen molar-refractivity contribution in [3.63, 3.8) is 0 Å². The van der Waals surface area contributed by atoms with Gasteiger partial charge in [-0.25, -0.2) is 17.5 Å². The number of phenolic OH excluding ortho intramolecular Hbond substituents is 1. The van der Waals surface area contributed by atoms with Crippen molar-refractivity contribution in [3.05, 3.63) is 52.3 Å². The summed E-state index contributed by atoms with van der Waals surface area (Å²) in [7, 11) is -3.85. The molecule has 0 unspecified atom stereocenters. The summed E-state index contributed by atoms with van der Waals surface area (Å²) in [4.78, 5) is -0.104. The van der Waals surface area contributed by atoms with Crippen LogP contribution < -0.4 is 10.5 Å². The highest BCUT2D eigenvalue weighted by atomic mass is 79.9. The lowest BCUT2D eigenvalue weighted by molar-refractivity contribution is 0.477. The van der Waals surface area contributed by atoms with Gasteiger partial charge in [-0.05, 0) is 36.4 Å². The van der Waals surface area contributed by atoms with E-state index >= 15 is 0 Å². The van der Waals surface area contributed by atoms with E-state index in [0.717, 1.165) is 6.07 Å². The molecule has 0 spiro atoms. The van der Waals surface area contributed by atoms with Gasteiger partial charge >= 0.3 is 0 Å². The topological polar surface area (TPSA) is 92.4 Å². The summed E-state index contributed by atoms with van der Waals surface area (Å²) in [5, 5.41) is 9.29. The first-order valence-electron chi connectivity index (χ1n) is 5.82. The van der Waals surface area contributed by atoms with Gasteiger partial charge in [0.15, 0.2) is 0 Å². The molecule has 2 aromatic carbocycles. The van der Waals surface area contributed by atoms with Crippen LogP contribution >= 0.6 is 15.9 Å². The predicted octanol–water partition coefficient (Wildman–Crippen LogP) is 2.35. The minimum Gasteiger partial charge on any atom is -0.506 e. The fourth-order valence-electron chi connectivity index (χ4n) is 1.63. The molecule has 0 aromatic heterocycles. The summed E-state index contributed by atoms with van der Waals surface area (Å²) < 4.78 is 40.6. The molecule has 112 valence electrons. The van der Waals surface area contributed by atoms with Crippen LogP contribution in [-0.4, -0.2) is 13.5 Å². The van der Waals surface area contributed by atoms with Crippen molar-refractivity contribution in [1.29, 1.82) is 0 Å². The molecule has 0 amide bonds. The summed E-state index contributed by atoms with van der Waals surface area (Å²) in [6, 6.07) is 7.78. The number of halogens is 2. The van der Waals surface area contributed by atoms with Crippen molar-refractivity contribution >= 4 is 31.6 Å². The summed E-state index contributed by atoms with van der Waals surface area (Å²) >= 11 is 3.19. The van der Waals surface area contributed by atoms with Gasteiger partial charge < -0.3 is 10.8 Å². The highest BCUT2D eigenvalue weighted by molar-refractivity contribution is 9.10. The Morgan fingerprint density at radius 3 is 2.62 bits per heavy atom. The molecule has 0 bridgehead atoms. The van der Waals surface area contributed by atoms with Crippen LogP contribution in [0.5, 0.6) is 5.75 Å². The third kappa shape index (κ3) is 3.72. The molecule has 4 N–H and O–H groups in total. The lowest BCUT2D eigenvalue weighted by Crippen LogP contribution is -2.23. The van der Waals surface area contributed by atoms with Crippen LogP contribution in [0, 0.1) is 5.82 Å². The van der Waals surface area contributed by atoms with Crippen LogP contribution in [-0.2, 0) is 16.6 Å². The van der Waals surface area contributed by atoms with Gasteiger partial charge in [0, 0.05) is 16.6 Å². The molecule has 0 aliphatic carbocycles. The van der Waals surface area contributed by atoms with E-state index in [9.17, 15) is 17.9 Å². The van der Waals surface area contributed by atoms with Crippen LogP contribution in [0.25, 0.3) is 0 Å². The second-order valence-corrected chi connectivity index (χ2v) is 6.96. The zero-order valence-electron chi connectivity index (χ0n) is 10.7. The Balaban J connectivity index is 2.21. The van der Waals surface area contributed by atoms with E-state index in [1.807, 2.05) is 0 Å². The fraction of sp³-hybridized carbons (Fsp3) is 0.0769. The van der Waals surface area contributed by atoms with Gasteiger partial charge in [0.1, 0.15) is 11.6 Å². The zero-order chi connectivity index (χ0) is 15.6. The van der Waals surface area contributed by atoms with Crippen molar-refractivity contribution in [2.45, 2.75) is 11.4 Å². The average Bonchev–Trinajstić information content (AvgIpc) is 2.43. The minimum atomic E-state index is -3.85. The van der Waals surface area contributed by atoms with E-state index in [0.29, 0.717) is 4.47 Å². The molecule has 0 fully saturated rings. The van der Waals surface area contributed by atoms with Gasteiger partial charge in [-0.3, -0.25) is 0 Å². The number of nitrogens with one attached hydrogen (secondary N) is 1. The number of hydrogen-bond acceptors (Lipinski definition) is 4. The third-order valence-corrected chi connectivity index (χ3v) is 4.66. The number of nitrogen functional groups attached to an aromatic ring is 1. The number of rotatable bonds is 4. The van der Waals surface area contributed by atoms with Gasteiger partial charge in [-0.1, -0.05) is 15.9 Å². The fourth-order valence-corrected chi connectivity index (χ4v) is 3.08. The third-order valence-electron chi connectivity index (χ3n) is 2.77. The highest BCUT2D eigenvalue weighted by Crippen LogP contribution is 2.23. The van der Waals surface area contributed by atoms with Crippen molar-refractivity contribution < 1.29 is 17.9 Å². The molecule has 2 aromatic rings. The molecule has 5 nitrogen and oxygen atoms in total. The Hall–Kier alpha value is -1.64. The summed E-state index contributed by atoms with van der Waals surface area (Å²) in [6.45, 7) is -0.200. The number of hydrogen-bond donors (Lipinski definition) is 3. The number of anilines is 1. The van der Waals surface area contributed by atoms with Gasteiger partial charge in [0.2, 0.25) is 10.0 Å². The van der Waals surface area contributed by atoms with Crippen LogP contribution in [0.4, 0.5) is 10.1 Å². The first kappa shape index (κ1) is 15.7. The first-order chi connectivity index (χ1) is 9.79. The molecular weight excluding hydrogens is 363 g/mol. The standard InChI is InChI=1S/C13H12BrFN2O3S/c14-9-1-3-11(15)8(5-9)7-17-21(19,20)10-2-4-13(18)12(16)6-10/h1-6,17-18H,7,16H2. The Bertz CT molecular complexity index is 781. The zero-order valence-corrected chi connectivity index (χ0v) is 13.1. The Morgan fingerprint density at radius 2 is 1.95 bits per heavy atom. The minimum absolute atomic E-state index is 0.0495. The number of nitrogens with two attached hydrogens (primary N) is 1. The van der Waals surface area contributed by atoms with Crippen LogP contribution in [0.3, 0.4) is 0 Å². The van der Waals surface area contributed by atoms with Crippen molar-refractivity contribution in [2.24, 2.45) is 0 Å². The van der Waals surface area contributed by atoms with E-state index in [-0.39, 0.29) is 28.4 Å². The molecule has 0 saturated heterocycles. The lowest BCUT2D eigenvalue weighted by Gasteiger charge is -2.09.